The van der Waals surface area contributed by atoms with Gasteiger partial charge in [0.25, 0.3) is 0 Å². The molecule has 1 aliphatic heterocycles. The summed E-state index contributed by atoms with van der Waals surface area (Å²) in [6.45, 7) is 7.69. The summed E-state index contributed by atoms with van der Waals surface area (Å²) in [5, 5.41) is 11.6. The van der Waals surface area contributed by atoms with Crippen molar-refractivity contribution >= 4 is 17.0 Å². The highest BCUT2D eigenvalue weighted by Gasteiger charge is 2.56. The molecule has 0 unspecified atom stereocenters. The van der Waals surface area contributed by atoms with E-state index in [1.807, 2.05) is 91.0 Å². The minimum absolute atomic E-state index is 0.144. The van der Waals surface area contributed by atoms with Gasteiger partial charge in [-0.25, -0.2) is 13.7 Å². The lowest BCUT2D eigenvalue weighted by atomic mass is 9.89. The van der Waals surface area contributed by atoms with Crippen molar-refractivity contribution in [2.75, 3.05) is 13.7 Å². The fraction of sp³-hybridized carbons (Fsp3) is 0.457. The third kappa shape index (κ3) is 9.52. The first-order chi connectivity index (χ1) is 21.5. The molecule has 0 aromatic heterocycles. The van der Waals surface area contributed by atoms with Crippen LogP contribution in [0.25, 0.3) is 0 Å². The van der Waals surface area contributed by atoms with Crippen LogP contribution in [0, 0.1) is 0 Å². The van der Waals surface area contributed by atoms with E-state index in [-0.39, 0.29) is 19.8 Å². The normalized spacial score (nSPS) is 22.8. The standard InChI is InChI=1S/C35H45NO8S/c1-34(2,3)45(39)36-32(35(4,38)33(37)40-5)31-30(43-23-27-19-13-8-14-20-27)29(42-22-26-17-11-7-12-18-26)28(44-31)24-41-21-25-15-9-6-10-16-25/h6-20,28-32,36,38H,21-24H2,1-5H3/t28-,29-,30+,31+,32-,35-,45+/m1/s1. The van der Waals surface area contributed by atoms with E-state index >= 15 is 0 Å². The number of nitrogens with one attached hydrogen (secondary N) is 1. The molecule has 0 spiro atoms. The largest absolute Gasteiger partial charge is 0.467 e. The lowest BCUT2D eigenvalue weighted by Crippen LogP contribution is -2.64. The number of hydrogen-bond donors (Lipinski definition) is 2. The van der Waals surface area contributed by atoms with Crippen LogP contribution in [-0.4, -0.2) is 69.8 Å². The Morgan fingerprint density at radius 1 is 0.822 bits per heavy atom. The first kappa shape index (κ1) is 34.9. The number of methoxy groups -OCH3 is 1. The average Bonchev–Trinajstić information content (AvgIpc) is 3.38. The summed E-state index contributed by atoms with van der Waals surface area (Å²) in [6, 6.07) is 28.0. The molecule has 0 radical (unpaired) electrons. The van der Waals surface area contributed by atoms with Crippen molar-refractivity contribution in [3.63, 3.8) is 0 Å². The number of carbonyl (C=O) groups is 1. The first-order valence-corrected chi connectivity index (χ1v) is 16.2. The summed E-state index contributed by atoms with van der Waals surface area (Å²) < 4.78 is 46.5. The maximum atomic E-state index is 13.5. The lowest BCUT2D eigenvalue weighted by Gasteiger charge is -2.38. The van der Waals surface area contributed by atoms with E-state index in [2.05, 4.69) is 4.72 Å². The van der Waals surface area contributed by atoms with E-state index < -0.39 is 57.8 Å². The zero-order valence-electron chi connectivity index (χ0n) is 26.6. The molecule has 10 heteroatoms. The highest BCUT2D eigenvalue weighted by Crippen LogP contribution is 2.35. The number of hydrogen-bond acceptors (Lipinski definition) is 8. The maximum absolute atomic E-state index is 13.5. The quantitative estimate of drug-likeness (QED) is 0.234. The second-order valence-electron chi connectivity index (χ2n) is 12.3. The van der Waals surface area contributed by atoms with Crippen LogP contribution in [-0.2, 0) is 59.3 Å². The van der Waals surface area contributed by atoms with Gasteiger partial charge in [-0.3, -0.25) is 0 Å². The number of benzene rings is 3. The van der Waals surface area contributed by atoms with Gasteiger partial charge in [-0.2, -0.15) is 0 Å². The molecule has 0 saturated carbocycles. The van der Waals surface area contributed by atoms with Crippen molar-refractivity contribution < 1.29 is 37.8 Å². The van der Waals surface area contributed by atoms with Crippen LogP contribution < -0.4 is 4.72 Å². The molecule has 0 amide bonds. The monoisotopic (exact) mass is 639 g/mol. The lowest BCUT2D eigenvalue weighted by molar-refractivity contribution is -0.170. The van der Waals surface area contributed by atoms with Crippen molar-refractivity contribution in [1.82, 2.24) is 4.72 Å². The van der Waals surface area contributed by atoms with Gasteiger partial charge >= 0.3 is 5.97 Å². The number of ether oxygens (including phenoxy) is 5. The van der Waals surface area contributed by atoms with Crippen LogP contribution >= 0.6 is 0 Å². The molecule has 3 aromatic carbocycles. The molecular weight excluding hydrogens is 594 g/mol. The van der Waals surface area contributed by atoms with Crippen LogP contribution in [0.1, 0.15) is 44.4 Å². The van der Waals surface area contributed by atoms with E-state index in [0.717, 1.165) is 16.7 Å². The van der Waals surface area contributed by atoms with E-state index in [4.69, 9.17) is 23.7 Å². The molecule has 2 N–H and O–H groups in total. The molecule has 0 bridgehead atoms. The predicted molar refractivity (Wildman–Crippen MR) is 172 cm³/mol. The highest BCUT2D eigenvalue weighted by atomic mass is 32.2. The fourth-order valence-electron chi connectivity index (χ4n) is 5.08. The summed E-state index contributed by atoms with van der Waals surface area (Å²) >= 11 is 0. The van der Waals surface area contributed by atoms with Gasteiger partial charge in [0.1, 0.15) is 24.4 Å². The van der Waals surface area contributed by atoms with Crippen LogP contribution in [0.15, 0.2) is 91.0 Å². The van der Waals surface area contributed by atoms with Gasteiger partial charge in [-0.05, 0) is 44.4 Å². The van der Waals surface area contributed by atoms with Gasteiger partial charge in [-0.15, -0.1) is 0 Å². The second kappa shape index (κ2) is 16.0. The molecule has 1 heterocycles. The maximum Gasteiger partial charge on any atom is 0.339 e. The number of esters is 1. The van der Waals surface area contributed by atoms with Gasteiger partial charge in [0.05, 0.1) is 55.3 Å². The highest BCUT2D eigenvalue weighted by molar-refractivity contribution is 7.84. The van der Waals surface area contributed by atoms with Crippen LogP contribution in [0.2, 0.25) is 0 Å². The van der Waals surface area contributed by atoms with Gasteiger partial charge in [0.2, 0.25) is 0 Å². The van der Waals surface area contributed by atoms with Crippen LogP contribution in [0.5, 0.6) is 0 Å². The Bertz CT molecular complexity index is 1350. The average molecular weight is 640 g/mol. The smallest absolute Gasteiger partial charge is 0.339 e. The van der Waals surface area contributed by atoms with Crippen molar-refractivity contribution in [3.05, 3.63) is 108 Å². The Balaban J connectivity index is 1.70. The molecule has 244 valence electrons. The summed E-state index contributed by atoms with van der Waals surface area (Å²) in [5.41, 5.74) is 0.735. The van der Waals surface area contributed by atoms with Crippen LogP contribution in [0.4, 0.5) is 0 Å². The molecule has 1 aliphatic rings. The Morgan fingerprint density at radius 2 is 1.29 bits per heavy atom. The molecule has 9 nitrogen and oxygen atoms in total. The van der Waals surface area contributed by atoms with E-state index in [0.29, 0.717) is 6.61 Å². The van der Waals surface area contributed by atoms with Gasteiger partial charge in [0, 0.05) is 0 Å². The minimum atomic E-state index is -2.14. The Kier molecular flexibility index (Phi) is 12.4. The molecule has 0 aliphatic carbocycles. The van der Waals surface area contributed by atoms with Crippen molar-refractivity contribution in [3.8, 4) is 0 Å². The third-order valence-electron chi connectivity index (χ3n) is 7.63. The molecule has 45 heavy (non-hydrogen) atoms. The minimum Gasteiger partial charge on any atom is -0.467 e. The summed E-state index contributed by atoms with van der Waals surface area (Å²) in [7, 11) is -0.501. The predicted octanol–water partition coefficient (Wildman–Crippen LogP) is 4.49. The molecular formula is C35H45NO8S. The molecule has 3 aromatic rings. The van der Waals surface area contributed by atoms with Gasteiger partial charge in [0.15, 0.2) is 5.60 Å². The number of rotatable bonds is 15. The second-order valence-corrected chi connectivity index (χ2v) is 14.3. The first-order valence-electron chi connectivity index (χ1n) is 15.1. The molecule has 1 saturated heterocycles. The number of aliphatic hydroxyl groups is 1. The Labute approximate surface area is 268 Å². The van der Waals surface area contributed by atoms with Gasteiger partial charge < -0.3 is 28.8 Å². The Hall–Kier alpha value is -2.96. The number of carbonyl (C=O) groups excluding carboxylic acids is 1. The molecule has 1 fully saturated rings. The van der Waals surface area contributed by atoms with E-state index in [1.54, 1.807) is 20.8 Å². The fourth-order valence-corrected chi connectivity index (χ4v) is 6.03. The topological polar surface area (TPSA) is 113 Å². The van der Waals surface area contributed by atoms with Gasteiger partial charge in [-0.1, -0.05) is 91.0 Å². The third-order valence-corrected chi connectivity index (χ3v) is 9.21. The zero-order chi connectivity index (χ0) is 32.5. The zero-order valence-corrected chi connectivity index (χ0v) is 27.4. The summed E-state index contributed by atoms with van der Waals surface area (Å²) in [5.74, 6) is -0.901. The van der Waals surface area contributed by atoms with Crippen molar-refractivity contribution in [1.29, 1.82) is 0 Å². The van der Waals surface area contributed by atoms with Crippen molar-refractivity contribution in [2.24, 2.45) is 0 Å². The Morgan fingerprint density at radius 3 is 1.76 bits per heavy atom. The SMILES string of the molecule is COC(=O)[C@](C)(O)[C@H](N[S@@](=O)C(C)(C)C)[C@H]1O[C@H](COCc2ccccc2)[C@@H](OCc2ccccc2)[C@@H]1OCc1ccccc1. The summed E-state index contributed by atoms with van der Waals surface area (Å²) in [4.78, 5) is 13.0. The van der Waals surface area contributed by atoms with E-state index in [1.165, 1.54) is 14.0 Å². The van der Waals surface area contributed by atoms with Crippen molar-refractivity contribution in [2.45, 2.75) is 88.3 Å². The molecule has 7 atom stereocenters. The summed E-state index contributed by atoms with van der Waals surface area (Å²) in [6.07, 6.45) is -3.11. The van der Waals surface area contributed by atoms with Crippen LogP contribution in [0.3, 0.4) is 0 Å². The molecule has 4 rings (SSSR count). The van der Waals surface area contributed by atoms with E-state index in [9.17, 15) is 14.1 Å².